The van der Waals surface area contributed by atoms with Crippen LogP contribution < -0.4 is 15.9 Å². The molecule has 1 radical (unpaired) electrons. The molecule has 4 aromatic rings. The van der Waals surface area contributed by atoms with Crippen molar-refractivity contribution in [3.63, 3.8) is 0 Å². The van der Waals surface area contributed by atoms with Gasteiger partial charge in [0.1, 0.15) is 15.9 Å². The van der Waals surface area contributed by atoms with Crippen LogP contribution in [0.2, 0.25) is 0 Å². The van der Waals surface area contributed by atoms with Gasteiger partial charge >= 0.3 is 0 Å². The minimum Gasteiger partial charge on any atom is -0.0622 e. The van der Waals surface area contributed by atoms with Gasteiger partial charge in [0.05, 0.1) is 5.66 Å². The summed E-state index contributed by atoms with van der Waals surface area (Å²) in [6.07, 6.45) is 0. The van der Waals surface area contributed by atoms with Crippen LogP contribution in [-0.2, 0) is 22.4 Å². The summed E-state index contributed by atoms with van der Waals surface area (Å²) in [5.41, 5.74) is 8.66. The predicted molar refractivity (Wildman–Crippen MR) is 133 cm³/mol. The van der Waals surface area contributed by atoms with E-state index in [1.807, 2.05) is 18.2 Å². The SMILES string of the molecule is Cc1ccc([P+](C#Cc2ccccc2)(c2ccc(C)cc2)c2ccc(C)cc2)cc1.[Au]. The first-order valence-corrected chi connectivity index (χ1v) is 12.1. The second kappa shape index (κ2) is 10.3. The largest absolute Gasteiger partial charge is 0.189 e. The smallest absolute Gasteiger partial charge is 0.0622 e. The third-order valence-electron chi connectivity index (χ3n) is 5.41. The summed E-state index contributed by atoms with van der Waals surface area (Å²) in [5.74, 6) is 3.52. The Bertz CT molecular complexity index is 1070. The van der Waals surface area contributed by atoms with Crippen LogP contribution in [0.4, 0.5) is 0 Å². The van der Waals surface area contributed by atoms with Crippen LogP contribution in [0, 0.1) is 32.4 Å². The molecule has 0 spiro atoms. The van der Waals surface area contributed by atoms with Crippen LogP contribution in [0.1, 0.15) is 22.3 Å². The van der Waals surface area contributed by atoms with Gasteiger partial charge in [0, 0.05) is 27.9 Å². The molecule has 0 saturated heterocycles. The zero-order chi connectivity index (χ0) is 21.0. The molecule has 0 nitrogen and oxygen atoms in total. The molecule has 0 fully saturated rings. The van der Waals surface area contributed by atoms with Crippen molar-refractivity contribution in [1.82, 2.24) is 0 Å². The molecular weight excluding hydrogens is 576 g/mol. The molecule has 0 amide bonds. The number of benzene rings is 4. The fourth-order valence-corrected chi connectivity index (χ4v) is 6.98. The van der Waals surface area contributed by atoms with Crippen LogP contribution in [0.5, 0.6) is 0 Å². The number of hydrogen-bond donors (Lipinski definition) is 0. The summed E-state index contributed by atoms with van der Waals surface area (Å²) in [7, 11) is -2.14. The summed E-state index contributed by atoms with van der Waals surface area (Å²) in [5, 5.41) is 3.89. The second-order valence-corrected chi connectivity index (χ2v) is 10.9. The predicted octanol–water partition coefficient (Wildman–Crippen LogP) is 5.91. The Kier molecular flexibility index (Phi) is 7.72. The summed E-state index contributed by atoms with van der Waals surface area (Å²) in [4.78, 5) is 0. The molecule has 2 heteroatoms. The van der Waals surface area contributed by atoms with E-state index in [4.69, 9.17) is 0 Å². The van der Waals surface area contributed by atoms with E-state index in [0.717, 1.165) is 5.56 Å². The monoisotopic (exact) mass is 602 g/mol. The average molecular weight is 602 g/mol. The van der Waals surface area contributed by atoms with Crippen LogP contribution in [-0.4, -0.2) is 0 Å². The van der Waals surface area contributed by atoms with E-state index in [2.05, 4.69) is 117 Å². The van der Waals surface area contributed by atoms with Gasteiger partial charge in [0.2, 0.25) is 0 Å². The minimum absolute atomic E-state index is 0. The van der Waals surface area contributed by atoms with Crippen LogP contribution >= 0.6 is 7.26 Å². The van der Waals surface area contributed by atoms with Gasteiger partial charge in [-0.15, -0.1) is 0 Å². The molecule has 4 rings (SSSR count). The molecule has 0 aliphatic carbocycles. The van der Waals surface area contributed by atoms with E-state index in [1.54, 1.807) is 0 Å². The first kappa shape index (κ1) is 23.3. The first-order valence-electron chi connectivity index (χ1n) is 10.3. The molecule has 0 heterocycles. The molecule has 0 atom stereocenters. The van der Waals surface area contributed by atoms with Crippen molar-refractivity contribution in [2.45, 2.75) is 20.8 Å². The van der Waals surface area contributed by atoms with Crippen molar-refractivity contribution in [2.24, 2.45) is 0 Å². The molecule has 0 saturated carbocycles. The van der Waals surface area contributed by atoms with E-state index in [1.165, 1.54) is 32.6 Å². The molecule has 0 bridgehead atoms. The third-order valence-corrected chi connectivity index (χ3v) is 9.07. The zero-order valence-corrected chi connectivity index (χ0v) is 21.1. The summed E-state index contributed by atoms with van der Waals surface area (Å²) < 4.78 is 0. The molecule has 0 aromatic heterocycles. The van der Waals surface area contributed by atoms with Gasteiger partial charge < -0.3 is 0 Å². The normalized spacial score (nSPS) is 10.5. The standard InChI is InChI=1S/C29H26P.Au/c1-23-9-15-27(16-10-23)30(28-17-11-24(2)12-18-28,29-19-13-25(3)14-20-29)22-21-26-7-5-4-6-8-26;/h4-20H,1-3H3;/q+1;. The van der Waals surface area contributed by atoms with Crippen molar-refractivity contribution in [3.8, 4) is 11.6 Å². The van der Waals surface area contributed by atoms with Crippen LogP contribution in [0.15, 0.2) is 103 Å². The van der Waals surface area contributed by atoms with E-state index < -0.39 is 7.26 Å². The van der Waals surface area contributed by atoms with Gasteiger partial charge in [-0.2, -0.15) is 0 Å². The second-order valence-electron chi connectivity index (χ2n) is 7.78. The average Bonchev–Trinajstić information content (AvgIpc) is 2.78. The topological polar surface area (TPSA) is 0 Å². The van der Waals surface area contributed by atoms with Crippen molar-refractivity contribution in [1.29, 1.82) is 0 Å². The Morgan fingerprint density at radius 1 is 0.484 bits per heavy atom. The van der Waals surface area contributed by atoms with Gasteiger partial charge in [-0.3, -0.25) is 0 Å². The minimum atomic E-state index is -2.14. The van der Waals surface area contributed by atoms with Gasteiger partial charge in [-0.25, -0.2) is 0 Å². The maximum absolute atomic E-state index is 3.82. The molecule has 0 unspecified atom stereocenters. The molecular formula is C29H26AuP+. The van der Waals surface area contributed by atoms with E-state index in [0.29, 0.717) is 0 Å². The van der Waals surface area contributed by atoms with Gasteiger partial charge in [0.15, 0.2) is 7.26 Å². The van der Waals surface area contributed by atoms with E-state index >= 15 is 0 Å². The molecule has 157 valence electrons. The van der Waals surface area contributed by atoms with Crippen molar-refractivity contribution in [3.05, 3.63) is 125 Å². The van der Waals surface area contributed by atoms with E-state index in [-0.39, 0.29) is 22.4 Å². The summed E-state index contributed by atoms with van der Waals surface area (Å²) in [6.45, 7) is 6.41. The van der Waals surface area contributed by atoms with Gasteiger partial charge in [-0.1, -0.05) is 71.3 Å². The van der Waals surface area contributed by atoms with Gasteiger partial charge in [0.25, 0.3) is 0 Å². The Morgan fingerprint density at radius 3 is 1.19 bits per heavy atom. The zero-order valence-electron chi connectivity index (χ0n) is 18.1. The van der Waals surface area contributed by atoms with Gasteiger partial charge in [-0.05, 0) is 75.2 Å². The van der Waals surface area contributed by atoms with Crippen LogP contribution in [0.3, 0.4) is 0 Å². The molecule has 0 aliphatic rings. The van der Waals surface area contributed by atoms with Crippen LogP contribution in [0.25, 0.3) is 0 Å². The van der Waals surface area contributed by atoms with Crippen molar-refractivity contribution in [2.75, 3.05) is 0 Å². The Hall–Kier alpha value is -2.39. The maximum Gasteiger partial charge on any atom is 0.189 e. The number of aryl methyl sites for hydroxylation is 3. The fourth-order valence-electron chi connectivity index (χ4n) is 3.62. The Morgan fingerprint density at radius 2 is 0.839 bits per heavy atom. The summed E-state index contributed by atoms with van der Waals surface area (Å²) >= 11 is 0. The van der Waals surface area contributed by atoms with Crippen molar-refractivity contribution < 1.29 is 22.4 Å². The maximum atomic E-state index is 3.82. The Balaban J connectivity index is 0.00000272. The molecule has 0 aliphatic heterocycles. The quantitative estimate of drug-likeness (QED) is 0.156. The molecule has 0 N–H and O–H groups in total. The Labute approximate surface area is 202 Å². The molecule has 4 aromatic carbocycles. The molecule has 31 heavy (non-hydrogen) atoms. The fraction of sp³-hybridized carbons (Fsp3) is 0.103. The first-order chi connectivity index (χ1) is 14.6. The summed E-state index contributed by atoms with van der Waals surface area (Å²) in [6, 6.07) is 37.1. The van der Waals surface area contributed by atoms with E-state index in [9.17, 15) is 0 Å². The third kappa shape index (κ3) is 5.10. The number of hydrogen-bond acceptors (Lipinski definition) is 0. The number of rotatable bonds is 3. The van der Waals surface area contributed by atoms with Crippen molar-refractivity contribution >= 4 is 23.2 Å².